The molecule has 0 aliphatic heterocycles. The van der Waals surface area contributed by atoms with Gasteiger partial charge in [0.05, 0.1) is 17.8 Å². The number of rotatable bonds is 7. The second kappa shape index (κ2) is 9.11. The number of thiophene rings is 1. The third-order valence-electron chi connectivity index (χ3n) is 5.54. The van der Waals surface area contributed by atoms with Crippen LogP contribution in [0.2, 0.25) is 0 Å². The summed E-state index contributed by atoms with van der Waals surface area (Å²) in [6.07, 6.45) is 0.946. The van der Waals surface area contributed by atoms with Crippen LogP contribution in [0.1, 0.15) is 25.3 Å². The van der Waals surface area contributed by atoms with E-state index in [1.54, 1.807) is 35.7 Å². The molecule has 0 N–H and O–H groups in total. The number of aryl methyl sites for hydroxylation is 1. The van der Waals surface area contributed by atoms with E-state index in [4.69, 9.17) is 9.26 Å². The molecular weight excluding hydrogens is 452 g/mol. The molecule has 3 aromatic heterocycles. The zero-order valence-corrected chi connectivity index (χ0v) is 19.5. The lowest BCUT2D eigenvalue weighted by atomic mass is 10.1. The Balaban J connectivity index is 1.55. The molecule has 34 heavy (non-hydrogen) atoms. The average Bonchev–Trinajstić information content (AvgIpc) is 3.53. The van der Waals surface area contributed by atoms with Gasteiger partial charge >= 0.3 is 5.69 Å². The Labute approximate surface area is 198 Å². The summed E-state index contributed by atoms with van der Waals surface area (Å²) < 4.78 is 14.1. The van der Waals surface area contributed by atoms with Crippen molar-refractivity contribution >= 4 is 21.6 Å². The van der Waals surface area contributed by atoms with Crippen LogP contribution in [0.3, 0.4) is 0 Å². The van der Waals surface area contributed by atoms with Crippen LogP contribution >= 0.6 is 11.3 Å². The van der Waals surface area contributed by atoms with E-state index in [0.717, 1.165) is 16.6 Å². The summed E-state index contributed by atoms with van der Waals surface area (Å²) in [5, 5.41) is 5.87. The lowest BCUT2D eigenvalue weighted by Crippen LogP contribution is -2.38. The van der Waals surface area contributed by atoms with Gasteiger partial charge in [-0.2, -0.15) is 4.98 Å². The van der Waals surface area contributed by atoms with Crippen molar-refractivity contribution in [1.29, 1.82) is 0 Å². The number of hydrogen-bond donors (Lipinski definition) is 0. The van der Waals surface area contributed by atoms with E-state index in [1.165, 1.54) is 21.5 Å². The van der Waals surface area contributed by atoms with Crippen LogP contribution in [0.4, 0.5) is 0 Å². The van der Waals surface area contributed by atoms with E-state index in [1.807, 2.05) is 31.2 Å². The minimum atomic E-state index is -0.480. The first-order chi connectivity index (χ1) is 16.6. The zero-order valence-electron chi connectivity index (χ0n) is 18.7. The van der Waals surface area contributed by atoms with Gasteiger partial charge < -0.3 is 9.26 Å². The highest BCUT2D eigenvalue weighted by atomic mass is 32.1. The Bertz CT molecular complexity index is 1560. The molecule has 5 rings (SSSR count). The van der Waals surface area contributed by atoms with Crippen molar-refractivity contribution in [2.45, 2.75) is 26.8 Å². The molecule has 0 saturated heterocycles. The Kier molecular flexibility index (Phi) is 5.85. The lowest BCUT2D eigenvalue weighted by Gasteiger charge is -2.11. The third kappa shape index (κ3) is 3.94. The molecule has 0 aliphatic rings. The van der Waals surface area contributed by atoms with Gasteiger partial charge in [0.1, 0.15) is 17.0 Å². The van der Waals surface area contributed by atoms with Crippen molar-refractivity contribution in [2.24, 2.45) is 0 Å². The number of ether oxygens (including phenoxy) is 1. The number of fused-ring (bicyclic) bond motifs is 1. The fraction of sp³-hybridized carbons (Fsp3) is 0.200. The Morgan fingerprint density at radius 3 is 2.47 bits per heavy atom. The highest BCUT2D eigenvalue weighted by Gasteiger charge is 2.18. The van der Waals surface area contributed by atoms with Gasteiger partial charge in [-0.05, 0) is 54.6 Å². The quantitative estimate of drug-likeness (QED) is 0.350. The first-order valence-electron chi connectivity index (χ1n) is 11.0. The monoisotopic (exact) mass is 474 g/mol. The Morgan fingerprint density at radius 1 is 1.00 bits per heavy atom. The fourth-order valence-electron chi connectivity index (χ4n) is 3.79. The molecule has 0 spiro atoms. The summed E-state index contributed by atoms with van der Waals surface area (Å²) in [7, 11) is 0. The summed E-state index contributed by atoms with van der Waals surface area (Å²) >= 11 is 1.29. The van der Waals surface area contributed by atoms with Crippen molar-refractivity contribution in [2.75, 3.05) is 6.61 Å². The maximum atomic E-state index is 13.5. The molecule has 8 nitrogen and oxygen atoms in total. The van der Waals surface area contributed by atoms with Gasteiger partial charge in [-0.1, -0.05) is 36.3 Å². The van der Waals surface area contributed by atoms with Gasteiger partial charge in [0.15, 0.2) is 0 Å². The van der Waals surface area contributed by atoms with Gasteiger partial charge in [0, 0.05) is 5.56 Å². The molecule has 0 radical (unpaired) electrons. The second-order valence-corrected chi connectivity index (χ2v) is 8.55. The first kappa shape index (κ1) is 21.8. The number of hydrogen-bond acceptors (Lipinski definition) is 7. The SMILES string of the molecule is CCOc1ccc(-n2c(=O)c3sccc3n(Cc3nc(-c4ccc(CC)cc4)no3)c2=O)cc1. The van der Waals surface area contributed by atoms with Gasteiger partial charge in [0.2, 0.25) is 11.7 Å². The standard InChI is InChI=1S/C25H22N4O4S/c1-3-16-5-7-17(8-6-16)23-26-21(33-27-23)15-28-20-13-14-34-22(20)24(30)29(25(28)31)18-9-11-19(12-10-18)32-4-2/h5-14H,3-4,15H2,1-2H3. The zero-order chi connectivity index (χ0) is 23.7. The minimum absolute atomic E-state index is 0.0451. The van der Waals surface area contributed by atoms with E-state index < -0.39 is 5.69 Å². The Morgan fingerprint density at radius 2 is 1.76 bits per heavy atom. The van der Waals surface area contributed by atoms with E-state index in [2.05, 4.69) is 17.1 Å². The summed E-state index contributed by atoms with van der Waals surface area (Å²) in [6.45, 7) is 4.56. The van der Waals surface area contributed by atoms with Gasteiger partial charge in [-0.3, -0.25) is 9.36 Å². The summed E-state index contributed by atoms with van der Waals surface area (Å²) in [4.78, 5) is 31.1. The topological polar surface area (TPSA) is 92.2 Å². The molecule has 5 aromatic rings. The van der Waals surface area contributed by atoms with E-state index >= 15 is 0 Å². The van der Waals surface area contributed by atoms with Crippen molar-refractivity contribution < 1.29 is 9.26 Å². The smallest absolute Gasteiger partial charge is 0.336 e. The number of aromatic nitrogens is 4. The Hall–Kier alpha value is -3.98. The molecule has 0 saturated carbocycles. The van der Waals surface area contributed by atoms with Crippen LogP contribution in [-0.2, 0) is 13.0 Å². The predicted octanol–water partition coefficient (Wildman–Crippen LogP) is 4.27. The average molecular weight is 475 g/mol. The van der Waals surface area contributed by atoms with E-state index in [9.17, 15) is 9.59 Å². The van der Waals surface area contributed by atoms with Crippen LogP contribution in [0.5, 0.6) is 5.75 Å². The maximum Gasteiger partial charge on any atom is 0.336 e. The molecule has 0 amide bonds. The number of nitrogens with zero attached hydrogens (tertiary/aromatic N) is 4. The van der Waals surface area contributed by atoms with Crippen molar-refractivity contribution in [3.63, 3.8) is 0 Å². The normalized spacial score (nSPS) is 11.2. The maximum absolute atomic E-state index is 13.5. The first-order valence-corrected chi connectivity index (χ1v) is 11.8. The molecule has 3 heterocycles. The van der Waals surface area contributed by atoms with Crippen LogP contribution in [0, 0.1) is 0 Å². The van der Waals surface area contributed by atoms with Crippen LogP contribution < -0.4 is 16.0 Å². The highest BCUT2D eigenvalue weighted by Crippen LogP contribution is 2.20. The molecule has 172 valence electrons. The fourth-order valence-corrected chi connectivity index (χ4v) is 4.61. The van der Waals surface area contributed by atoms with Crippen molar-refractivity contribution in [1.82, 2.24) is 19.3 Å². The van der Waals surface area contributed by atoms with E-state index in [-0.39, 0.29) is 18.0 Å². The molecular formula is C25H22N4O4S. The third-order valence-corrected chi connectivity index (χ3v) is 6.43. The van der Waals surface area contributed by atoms with Crippen LogP contribution in [-0.4, -0.2) is 25.9 Å². The molecule has 0 unspecified atom stereocenters. The summed E-state index contributed by atoms with van der Waals surface area (Å²) in [6, 6.07) is 16.6. The molecule has 0 aliphatic carbocycles. The lowest BCUT2D eigenvalue weighted by molar-refractivity contribution is 0.340. The van der Waals surface area contributed by atoms with Gasteiger partial charge in [0.25, 0.3) is 5.56 Å². The van der Waals surface area contributed by atoms with Crippen molar-refractivity contribution in [3.05, 3.63) is 92.3 Å². The summed E-state index contributed by atoms with van der Waals surface area (Å²) in [5.41, 5.74) is 2.21. The molecule has 0 atom stereocenters. The summed E-state index contributed by atoms with van der Waals surface area (Å²) in [5.74, 6) is 1.40. The van der Waals surface area contributed by atoms with E-state index in [0.29, 0.717) is 34.1 Å². The predicted molar refractivity (Wildman–Crippen MR) is 131 cm³/mol. The molecule has 0 fully saturated rings. The second-order valence-electron chi connectivity index (χ2n) is 7.63. The van der Waals surface area contributed by atoms with Crippen LogP contribution in [0.25, 0.3) is 27.3 Å². The minimum Gasteiger partial charge on any atom is -0.494 e. The van der Waals surface area contributed by atoms with Gasteiger partial charge in [-0.15, -0.1) is 11.3 Å². The van der Waals surface area contributed by atoms with Crippen LogP contribution in [0.15, 0.2) is 74.1 Å². The highest BCUT2D eigenvalue weighted by molar-refractivity contribution is 7.17. The van der Waals surface area contributed by atoms with Crippen molar-refractivity contribution in [3.8, 4) is 22.8 Å². The molecule has 2 aromatic carbocycles. The molecule has 0 bridgehead atoms. The number of benzene rings is 2. The largest absolute Gasteiger partial charge is 0.494 e. The molecule has 9 heteroatoms. The van der Waals surface area contributed by atoms with Gasteiger partial charge in [-0.25, -0.2) is 9.36 Å².